The van der Waals surface area contributed by atoms with Crippen molar-refractivity contribution in [1.29, 1.82) is 0 Å². The molecule has 4 aromatic carbocycles. The van der Waals surface area contributed by atoms with Crippen molar-refractivity contribution < 1.29 is 14.4 Å². The monoisotopic (exact) mass is 627 g/mol. The van der Waals surface area contributed by atoms with Gasteiger partial charge in [0.05, 0.1) is 5.25 Å². The molecule has 1 unspecified atom stereocenters. The number of hydrogen-bond acceptors (Lipinski definition) is 4. The molecular formula is C33H30BrN3O3S. The van der Waals surface area contributed by atoms with Crippen LogP contribution in [0.2, 0.25) is 0 Å². The first-order chi connectivity index (χ1) is 19.7. The molecular weight excluding hydrogens is 598 g/mol. The van der Waals surface area contributed by atoms with E-state index >= 15 is 0 Å². The normalized spacial score (nSPS) is 11.9. The molecule has 0 saturated heterocycles. The standard InChI is InChI=1S/C33H30BrN3O3S/c1-21-17-22(2)19-28(18-21)36-31(38)23(3)41-29-15-13-27(14-16-29)35-33(40)30(20-24-9-11-26(34)12-10-24)37-32(39)25-7-5-4-6-8-25/h4-20,23H,1-3H3,(H,35,40)(H,36,38)(H,37,39)/b30-20-. The van der Waals surface area contributed by atoms with Crippen molar-refractivity contribution in [3.8, 4) is 0 Å². The summed E-state index contributed by atoms with van der Waals surface area (Å²) in [5, 5.41) is 8.26. The molecule has 8 heteroatoms. The zero-order valence-corrected chi connectivity index (χ0v) is 25.3. The largest absolute Gasteiger partial charge is 0.325 e. The van der Waals surface area contributed by atoms with Crippen LogP contribution in [0.3, 0.4) is 0 Å². The molecule has 0 aliphatic carbocycles. The Morgan fingerprint density at radius 3 is 2.05 bits per heavy atom. The lowest BCUT2D eigenvalue weighted by Gasteiger charge is -2.14. The maximum Gasteiger partial charge on any atom is 0.272 e. The fourth-order valence-electron chi connectivity index (χ4n) is 4.03. The predicted molar refractivity (Wildman–Crippen MR) is 171 cm³/mol. The summed E-state index contributed by atoms with van der Waals surface area (Å²) < 4.78 is 0.906. The lowest BCUT2D eigenvalue weighted by Crippen LogP contribution is -2.30. The summed E-state index contributed by atoms with van der Waals surface area (Å²) >= 11 is 4.84. The number of halogens is 1. The van der Waals surface area contributed by atoms with Gasteiger partial charge in [-0.3, -0.25) is 14.4 Å². The van der Waals surface area contributed by atoms with Gasteiger partial charge in [-0.25, -0.2) is 0 Å². The van der Waals surface area contributed by atoms with Gasteiger partial charge in [0.2, 0.25) is 5.91 Å². The van der Waals surface area contributed by atoms with E-state index in [9.17, 15) is 14.4 Å². The summed E-state index contributed by atoms with van der Waals surface area (Å²) in [6, 6.07) is 29.3. The molecule has 6 nitrogen and oxygen atoms in total. The van der Waals surface area contributed by atoms with Crippen LogP contribution in [-0.2, 0) is 9.59 Å². The van der Waals surface area contributed by atoms with Crippen LogP contribution in [0.4, 0.5) is 11.4 Å². The van der Waals surface area contributed by atoms with Gasteiger partial charge in [-0.2, -0.15) is 0 Å². The fourth-order valence-corrected chi connectivity index (χ4v) is 5.16. The van der Waals surface area contributed by atoms with E-state index < -0.39 is 5.91 Å². The van der Waals surface area contributed by atoms with Gasteiger partial charge in [0.15, 0.2) is 0 Å². The highest BCUT2D eigenvalue weighted by molar-refractivity contribution is 9.10. The van der Waals surface area contributed by atoms with Gasteiger partial charge in [0.25, 0.3) is 11.8 Å². The number of amides is 3. The van der Waals surface area contributed by atoms with Crippen LogP contribution < -0.4 is 16.0 Å². The van der Waals surface area contributed by atoms with Crippen molar-refractivity contribution in [2.45, 2.75) is 30.9 Å². The van der Waals surface area contributed by atoms with Crippen LogP contribution in [0.1, 0.15) is 34.0 Å². The maximum atomic E-state index is 13.3. The van der Waals surface area contributed by atoms with Crippen LogP contribution in [0, 0.1) is 13.8 Å². The lowest BCUT2D eigenvalue weighted by atomic mass is 10.1. The second-order valence-electron chi connectivity index (χ2n) is 9.53. The van der Waals surface area contributed by atoms with Crippen molar-refractivity contribution in [2.75, 3.05) is 10.6 Å². The predicted octanol–water partition coefficient (Wildman–Crippen LogP) is 7.59. The minimum Gasteiger partial charge on any atom is -0.325 e. The number of hydrogen-bond donors (Lipinski definition) is 3. The van der Waals surface area contributed by atoms with E-state index in [-0.39, 0.29) is 22.8 Å². The van der Waals surface area contributed by atoms with Gasteiger partial charge in [-0.1, -0.05) is 52.3 Å². The molecule has 4 aromatic rings. The fraction of sp³-hybridized carbons (Fsp3) is 0.121. The Balaban J connectivity index is 1.42. The van der Waals surface area contributed by atoms with E-state index in [4.69, 9.17) is 0 Å². The summed E-state index contributed by atoms with van der Waals surface area (Å²) in [5.41, 5.74) is 4.83. The van der Waals surface area contributed by atoms with Crippen LogP contribution in [0.15, 0.2) is 112 Å². The molecule has 3 amide bonds. The van der Waals surface area contributed by atoms with E-state index in [0.29, 0.717) is 11.3 Å². The Hall–Kier alpha value is -4.14. The zero-order chi connectivity index (χ0) is 29.4. The summed E-state index contributed by atoms with van der Waals surface area (Å²) in [5.74, 6) is -0.933. The van der Waals surface area contributed by atoms with Gasteiger partial charge >= 0.3 is 0 Å². The quantitative estimate of drug-likeness (QED) is 0.132. The zero-order valence-electron chi connectivity index (χ0n) is 22.9. The number of carbonyl (C=O) groups is 3. The summed E-state index contributed by atoms with van der Waals surface area (Å²) in [7, 11) is 0. The van der Waals surface area contributed by atoms with Crippen molar-refractivity contribution in [3.63, 3.8) is 0 Å². The van der Waals surface area contributed by atoms with E-state index in [1.165, 1.54) is 11.8 Å². The van der Waals surface area contributed by atoms with E-state index in [1.807, 2.05) is 75.4 Å². The average molecular weight is 629 g/mol. The number of benzene rings is 4. The van der Waals surface area contributed by atoms with Gasteiger partial charge in [-0.05, 0) is 104 Å². The SMILES string of the molecule is Cc1cc(C)cc(NC(=O)C(C)Sc2ccc(NC(=O)/C(=C/c3ccc(Br)cc3)NC(=O)c3ccccc3)cc2)c1. The minimum atomic E-state index is -0.459. The summed E-state index contributed by atoms with van der Waals surface area (Å²) in [6.07, 6.45) is 1.63. The number of nitrogens with one attached hydrogen (secondary N) is 3. The second-order valence-corrected chi connectivity index (χ2v) is 11.9. The molecule has 0 radical (unpaired) electrons. The molecule has 208 valence electrons. The van der Waals surface area contributed by atoms with Gasteiger partial charge < -0.3 is 16.0 Å². The maximum absolute atomic E-state index is 13.3. The first-order valence-electron chi connectivity index (χ1n) is 13.0. The highest BCUT2D eigenvalue weighted by Crippen LogP contribution is 2.26. The third-order valence-electron chi connectivity index (χ3n) is 5.99. The Bertz CT molecular complexity index is 1550. The molecule has 0 aliphatic heterocycles. The van der Waals surface area contributed by atoms with Crippen molar-refractivity contribution in [1.82, 2.24) is 5.32 Å². The first-order valence-corrected chi connectivity index (χ1v) is 14.6. The third-order valence-corrected chi connectivity index (χ3v) is 7.63. The summed E-state index contributed by atoms with van der Waals surface area (Å²) in [4.78, 5) is 39.7. The van der Waals surface area contributed by atoms with Crippen LogP contribution in [0.5, 0.6) is 0 Å². The first kappa shape index (κ1) is 29.8. The Labute approximate surface area is 252 Å². The molecule has 0 bridgehead atoms. The van der Waals surface area contributed by atoms with Crippen LogP contribution in [-0.4, -0.2) is 23.0 Å². The summed E-state index contributed by atoms with van der Waals surface area (Å²) in [6.45, 7) is 5.85. The van der Waals surface area contributed by atoms with E-state index in [1.54, 1.807) is 42.5 Å². The van der Waals surface area contributed by atoms with E-state index in [0.717, 1.165) is 31.7 Å². The average Bonchev–Trinajstić information content (AvgIpc) is 2.94. The number of aryl methyl sites for hydroxylation is 2. The van der Waals surface area contributed by atoms with Gasteiger partial charge in [0, 0.05) is 26.3 Å². The van der Waals surface area contributed by atoms with E-state index in [2.05, 4.69) is 37.9 Å². The Morgan fingerprint density at radius 1 is 0.780 bits per heavy atom. The number of anilines is 2. The van der Waals surface area contributed by atoms with Crippen molar-refractivity contribution in [2.24, 2.45) is 0 Å². The third kappa shape index (κ3) is 8.93. The molecule has 4 rings (SSSR count). The molecule has 1 atom stereocenters. The highest BCUT2D eigenvalue weighted by atomic mass is 79.9. The number of rotatable bonds is 9. The lowest BCUT2D eigenvalue weighted by molar-refractivity contribution is -0.115. The molecule has 0 aliphatic rings. The van der Waals surface area contributed by atoms with Crippen molar-refractivity contribution >= 4 is 62.9 Å². The Morgan fingerprint density at radius 2 is 1.41 bits per heavy atom. The second kappa shape index (κ2) is 14.0. The minimum absolute atomic E-state index is 0.0887. The molecule has 0 fully saturated rings. The number of thioether (sulfide) groups is 1. The molecule has 0 saturated carbocycles. The van der Waals surface area contributed by atoms with Crippen LogP contribution in [0.25, 0.3) is 6.08 Å². The molecule has 0 heterocycles. The molecule has 0 aromatic heterocycles. The smallest absolute Gasteiger partial charge is 0.272 e. The van der Waals surface area contributed by atoms with Gasteiger partial charge in [-0.15, -0.1) is 11.8 Å². The molecule has 41 heavy (non-hydrogen) atoms. The molecule has 3 N–H and O–H groups in total. The molecule has 0 spiro atoms. The Kier molecular flexibility index (Phi) is 10.2. The number of carbonyl (C=O) groups excluding carboxylic acids is 3. The van der Waals surface area contributed by atoms with Crippen LogP contribution >= 0.6 is 27.7 Å². The van der Waals surface area contributed by atoms with Gasteiger partial charge in [0.1, 0.15) is 5.70 Å². The van der Waals surface area contributed by atoms with Crippen molar-refractivity contribution in [3.05, 3.63) is 129 Å². The highest BCUT2D eigenvalue weighted by Gasteiger charge is 2.17. The topological polar surface area (TPSA) is 87.3 Å².